The van der Waals surface area contributed by atoms with Gasteiger partial charge in [0.05, 0.1) is 5.69 Å². The molecule has 0 radical (unpaired) electrons. The maximum atomic E-state index is 12.1. The van der Waals surface area contributed by atoms with E-state index in [2.05, 4.69) is 20.9 Å². The molecule has 1 amide bonds. The van der Waals surface area contributed by atoms with Crippen LogP contribution in [0.2, 0.25) is 0 Å². The lowest BCUT2D eigenvalue weighted by Gasteiger charge is -2.10. The fourth-order valence-electron chi connectivity index (χ4n) is 2.26. The number of hydrogen-bond acceptors (Lipinski definition) is 5. The molecule has 0 saturated carbocycles. The van der Waals surface area contributed by atoms with E-state index in [1.807, 2.05) is 35.7 Å². The van der Waals surface area contributed by atoms with Gasteiger partial charge in [-0.05, 0) is 36.5 Å². The standard InChI is InChI=1S/C18H16N6OS2/c19-16(20)24-18-22-14(10-27-18)12-7-4-8-13(9-12)21-17(26)23-15(25)11-5-2-1-3-6-11/h1-10H,(H4,19,20,22,24)(H2,21,23,25,26). The van der Waals surface area contributed by atoms with Gasteiger partial charge < -0.3 is 16.4 Å². The third kappa shape index (κ3) is 5.09. The Bertz CT molecular complexity index is 986. The van der Waals surface area contributed by atoms with E-state index >= 15 is 0 Å². The molecule has 9 heteroatoms. The van der Waals surface area contributed by atoms with Gasteiger partial charge in [-0.2, -0.15) is 0 Å². The third-order valence-electron chi connectivity index (χ3n) is 3.43. The number of rotatable bonds is 4. The second-order valence-corrected chi connectivity index (χ2v) is 6.70. The molecule has 0 atom stereocenters. The van der Waals surface area contributed by atoms with Crippen LogP contribution >= 0.6 is 23.6 Å². The van der Waals surface area contributed by atoms with Gasteiger partial charge in [-0.15, -0.1) is 11.3 Å². The van der Waals surface area contributed by atoms with Crippen LogP contribution in [0, 0.1) is 5.41 Å². The molecule has 136 valence electrons. The summed E-state index contributed by atoms with van der Waals surface area (Å²) in [5.74, 6) is -0.436. The normalized spacial score (nSPS) is 10.1. The van der Waals surface area contributed by atoms with Crippen molar-refractivity contribution in [3.8, 4) is 11.3 Å². The van der Waals surface area contributed by atoms with Gasteiger partial charge in [0.15, 0.2) is 16.2 Å². The van der Waals surface area contributed by atoms with Gasteiger partial charge in [0, 0.05) is 22.2 Å². The minimum atomic E-state index is -0.274. The van der Waals surface area contributed by atoms with Crippen LogP contribution in [0.5, 0.6) is 0 Å². The molecule has 0 saturated heterocycles. The Hall–Kier alpha value is -3.30. The van der Waals surface area contributed by atoms with Crippen molar-refractivity contribution >= 4 is 51.4 Å². The predicted molar refractivity (Wildman–Crippen MR) is 113 cm³/mol. The zero-order chi connectivity index (χ0) is 19.2. The van der Waals surface area contributed by atoms with Crippen molar-refractivity contribution in [2.45, 2.75) is 0 Å². The zero-order valence-electron chi connectivity index (χ0n) is 14.0. The molecule has 1 aromatic heterocycles. The number of benzene rings is 2. The highest BCUT2D eigenvalue weighted by Crippen LogP contribution is 2.26. The lowest BCUT2D eigenvalue weighted by atomic mass is 10.1. The number of nitrogens with one attached hydrogen (secondary N) is 4. The molecular weight excluding hydrogens is 380 g/mol. The van der Waals surface area contributed by atoms with E-state index in [9.17, 15) is 4.79 Å². The van der Waals surface area contributed by atoms with Crippen LogP contribution in [-0.2, 0) is 0 Å². The van der Waals surface area contributed by atoms with Crippen molar-refractivity contribution < 1.29 is 4.79 Å². The molecule has 0 aliphatic rings. The monoisotopic (exact) mass is 396 g/mol. The smallest absolute Gasteiger partial charge is 0.257 e. The molecule has 0 fully saturated rings. The van der Waals surface area contributed by atoms with Crippen molar-refractivity contribution in [1.82, 2.24) is 10.3 Å². The van der Waals surface area contributed by atoms with Crippen LogP contribution in [-0.4, -0.2) is 22.0 Å². The molecule has 0 spiro atoms. The number of guanidine groups is 1. The quantitative estimate of drug-likeness (QED) is 0.263. The SMILES string of the molecule is N=C(N)Nc1nc(-c2cccc(NC(=S)NC(=O)c3ccccc3)c2)cs1. The second kappa shape index (κ2) is 8.39. The van der Waals surface area contributed by atoms with E-state index in [0.29, 0.717) is 10.7 Å². The van der Waals surface area contributed by atoms with Gasteiger partial charge >= 0.3 is 0 Å². The first-order valence-electron chi connectivity index (χ1n) is 7.85. The Kier molecular flexibility index (Phi) is 5.74. The van der Waals surface area contributed by atoms with Crippen LogP contribution in [0.25, 0.3) is 11.3 Å². The number of carbonyl (C=O) groups excluding carboxylic acids is 1. The van der Waals surface area contributed by atoms with Crippen LogP contribution in [0.3, 0.4) is 0 Å². The summed E-state index contributed by atoms with van der Waals surface area (Å²) in [4.78, 5) is 16.5. The summed E-state index contributed by atoms with van der Waals surface area (Å²) in [5.41, 5.74) is 8.17. The second-order valence-electron chi connectivity index (χ2n) is 5.43. The molecule has 27 heavy (non-hydrogen) atoms. The maximum Gasteiger partial charge on any atom is 0.257 e. The fraction of sp³-hybridized carbons (Fsp3) is 0. The lowest BCUT2D eigenvalue weighted by Crippen LogP contribution is -2.34. The largest absolute Gasteiger partial charge is 0.370 e. The summed E-state index contributed by atoms with van der Waals surface area (Å²) >= 11 is 6.57. The third-order valence-corrected chi connectivity index (χ3v) is 4.39. The highest BCUT2D eigenvalue weighted by molar-refractivity contribution is 7.80. The first kappa shape index (κ1) is 18.5. The lowest BCUT2D eigenvalue weighted by molar-refractivity contribution is 0.0977. The summed E-state index contributed by atoms with van der Waals surface area (Å²) in [7, 11) is 0. The molecule has 0 aliphatic heterocycles. The van der Waals surface area contributed by atoms with E-state index in [1.54, 1.807) is 24.3 Å². The highest BCUT2D eigenvalue weighted by Gasteiger charge is 2.09. The van der Waals surface area contributed by atoms with Gasteiger partial charge in [0.25, 0.3) is 5.91 Å². The van der Waals surface area contributed by atoms with Crippen molar-refractivity contribution in [3.63, 3.8) is 0 Å². The number of carbonyl (C=O) groups is 1. The molecule has 1 heterocycles. The Morgan fingerprint density at radius 3 is 2.63 bits per heavy atom. The summed E-state index contributed by atoms with van der Waals surface area (Å²) in [5, 5.41) is 18.2. The Labute approximate surface area is 165 Å². The number of aromatic nitrogens is 1. The minimum Gasteiger partial charge on any atom is -0.370 e. The molecule has 3 rings (SSSR count). The van der Waals surface area contributed by atoms with E-state index in [4.69, 9.17) is 23.4 Å². The number of amides is 1. The number of thiocarbonyl (C=S) groups is 1. The molecule has 3 aromatic rings. The topological polar surface area (TPSA) is 116 Å². The Morgan fingerprint density at radius 2 is 1.89 bits per heavy atom. The van der Waals surface area contributed by atoms with Crippen LogP contribution in [0.15, 0.2) is 60.0 Å². The summed E-state index contributed by atoms with van der Waals surface area (Å²) in [6.45, 7) is 0. The van der Waals surface area contributed by atoms with Gasteiger partial charge in [0.2, 0.25) is 0 Å². The first-order valence-corrected chi connectivity index (χ1v) is 9.14. The van der Waals surface area contributed by atoms with Crippen LogP contribution in [0.1, 0.15) is 10.4 Å². The van der Waals surface area contributed by atoms with Crippen LogP contribution in [0.4, 0.5) is 10.8 Å². The molecule has 0 aliphatic carbocycles. The van der Waals surface area contributed by atoms with Gasteiger partial charge in [-0.25, -0.2) is 4.98 Å². The molecule has 7 nitrogen and oxygen atoms in total. The van der Waals surface area contributed by atoms with Crippen molar-refractivity contribution in [3.05, 3.63) is 65.5 Å². The first-order chi connectivity index (χ1) is 13.0. The summed E-state index contributed by atoms with van der Waals surface area (Å²) < 4.78 is 0. The number of hydrogen-bond donors (Lipinski definition) is 5. The van der Waals surface area contributed by atoms with Gasteiger partial charge in [-0.3, -0.25) is 15.5 Å². The highest BCUT2D eigenvalue weighted by atomic mass is 32.1. The van der Waals surface area contributed by atoms with Crippen molar-refractivity contribution in [2.75, 3.05) is 10.6 Å². The summed E-state index contributed by atoms with van der Waals surface area (Å²) in [6.07, 6.45) is 0. The van der Waals surface area contributed by atoms with E-state index in [1.165, 1.54) is 11.3 Å². The fourth-order valence-corrected chi connectivity index (χ4v) is 3.20. The number of nitrogens with zero attached hydrogens (tertiary/aromatic N) is 1. The van der Waals surface area contributed by atoms with Crippen LogP contribution < -0.4 is 21.7 Å². The minimum absolute atomic E-state index is 0.161. The van der Waals surface area contributed by atoms with Crippen molar-refractivity contribution in [2.24, 2.45) is 5.73 Å². The summed E-state index contributed by atoms with van der Waals surface area (Å²) in [6, 6.07) is 16.3. The van der Waals surface area contributed by atoms with Crippen molar-refractivity contribution in [1.29, 1.82) is 5.41 Å². The van der Waals surface area contributed by atoms with Gasteiger partial charge in [0.1, 0.15) is 0 Å². The molecular formula is C18H16N6OS2. The van der Waals surface area contributed by atoms with E-state index in [-0.39, 0.29) is 17.0 Å². The molecule has 0 bridgehead atoms. The molecule has 2 aromatic carbocycles. The number of nitrogens with two attached hydrogens (primary N) is 1. The molecule has 0 unspecified atom stereocenters. The Morgan fingerprint density at radius 1 is 1.11 bits per heavy atom. The maximum absolute atomic E-state index is 12.1. The van der Waals surface area contributed by atoms with Gasteiger partial charge in [-0.1, -0.05) is 30.3 Å². The average Bonchev–Trinajstić information content (AvgIpc) is 3.10. The van der Waals surface area contributed by atoms with E-state index in [0.717, 1.165) is 16.9 Å². The molecule has 6 N–H and O–H groups in total. The van der Waals surface area contributed by atoms with E-state index < -0.39 is 0 Å². The predicted octanol–water partition coefficient (Wildman–Crippen LogP) is 3.24. The zero-order valence-corrected chi connectivity index (χ0v) is 15.7. The number of anilines is 2. The number of thiazole rings is 1. The Balaban J connectivity index is 1.67. The average molecular weight is 397 g/mol.